The van der Waals surface area contributed by atoms with Crippen molar-refractivity contribution in [3.63, 3.8) is 0 Å². The van der Waals surface area contributed by atoms with Gasteiger partial charge in [0.15, 0.2) is 0 Å². The van der Waals surface area contributed by atoms with Crippen LogP contribution >= 0.6 is 0 Å². The molecule has 1 heterocycles. The Morgan fingerprint density at radius 1 is 1.04 bits per heavy atom. The molecule has 2 amide bonds. The predicted octanol–water partition coefficient (Wildman–Crippen LogP) is 4.39. The van der Waals surface area contributed by atoms with Gasteiger partial charge >= 0.3 is 6.03 Å². The summed E-state index contributed by atoms with van der Waals surface area (Å²) < 4.78 is 13.3. The number of urea groups is 1. The van der Waals surface area contributed by atoms with Gasteiger partial charge in [0.1, 0.15) is 5.82 Å². The van der Waals surface area contributed by atoms with Gasteiger partial charge in [0.05, 0.1) is 0 Å². The lowest BCUT2D eigenvalue weighted by atomic mass is 9.91. The van der Waals surface area contributed by atoms with Gasteiger partial charge in [0.25, 0.3) is 0 Å². The molecule has 0 aliphatic carbocycles. The Bertz CT molecular complexity index is 870. The minimum atomic E-state index is -0.269. The zero-order valence-electron chi connectivity index (χ0n) is 15.1. The molecule has 0 radical (unpaired) electrons. The highest BCUT2D eigenvalue weighted by atomic mass is 19.1. The van der Waals surface area contributed by atoms with Crippen molar-refractivity contribution in [2.24, 2.45) is 5.92 Å². The van der Waals surface area contributed by atoms with E-state index < -0.39 is 0 Å². The first-order valence-electron chi connectivity index (χ1n) is 8.87. The van der Waals surface area contributed by atoms with E-state index in [9.17, 15) is 9.18 Å². The lowest BCUT2D eigenvalue weighted by molar-refractivity contribution is 0.239. The average Bonchev–Trinajstić information content (AvgIpc) is 3.06. The maximum atomic E-state index is 13.3. The van der Waals surface area contributed by atoms with E-state index >= 15 is 0 Å². The summed E-state index contributed by atoms with van der Waals surface area (Å²) in [4.78, 5) is 15.4. The van der Waals surface area contributed by atoms with E-state index in [1.165, 1.54) is 12.1 Å². The maximum Gasteiger partial charge on any atom is 0.314 e. The molecule has 0 aliphatic heterocycles. The second-order valence-electron chi connectivity index (χ2n) is 6.88. The van der Waals surface area contributed by atoms with Crippen molar-refractivity contribution in [1.29, 1.82) is 0 Å². The number of fused-ring (bicyclic) bond motifs is 1. The SMILES string of the molecule is CC(C)CNC(=O)NCC(c1ccc(F)cc1)c1c[nH]c2ccccc12. The van der Waals surface area contributed by atoms with Crippen molar-refractivity contribution >= 4 is 16.9 Å². The number of hydrogen-bond donors (Lipinski definition) is 3. The molecule has 0 saturated heterocycles. The quantitative estimate of drug-likeness (QED) is 0.605. The number of nitrogens with one attached hydrogen (secondary N) is 3. The summed E-state index contributed by atoms with van der Waals surface area (Å²) in [5.74, 6) is 0.0490. The monoisotopic (exact) mass is 353 g/mol. The van der Waals surface area contributed by atoms with Crippen LogP contribution in [-0.2, 0) is 0 Å². The molecule has 3 rings (SSSR count). The van der Waals surface area contributed by atoms with Gasteiger partial charge in [-0.15, -0.1) is 0 Å². The molecular weight excluding hydrogens is 329 g/mol. The second kappa shape index (κ2) is 8.04. The minimum Gasteiger partial charge on any atom is -0.361 e. The zero-order chi connectivity index (χ0) is 18.5. The van der Waals surface area contributed by atoms with Crippen LogP contribution in [0.5, 0.6) is 0 Å². The summed E-state index contributed by atoms with van der Waals surface area (Å²) in [5.41, 5.74) is 3.08. The van der Waals surface area contributed by atoms with Gasteiger partial charge in [-0.1, -0.05) is 44.2 Å². The Kier molecular flexibility index (Phi) is 5.56. The molecule has 136 valence electrons. The first kappa shape index (κ1) is 18.0. The Hall–Kier alpha value is -2.82. The number of H-pyrrole nitrogens is 1. The fourth-order valence-corrected chi connectivity index (χ4v) is 3.04. The highest BCUT2D eigenvalue weighted by molar-refractivity contribution is 5.84. The van der Waals surface area contributed by atoms with E-state index in [2.05, 4.69) is 21.7 Å². The number of halogens is 1. The smallest absolute Gasteiger partial charge is 0.314 e. The largest absolute Gasteiger partial charge is 0.361 e. The topological polar surface area (TPSA) is 56.9 Å². The van der Waals surface area contributed by atoms with Gasteiger partial charge in [-0.25, -0.2) is 9.18 Å². The number of hydrogen-bond acceptors (Lipinski definition) is 1. The van der Waals surface area contributed by atoms with E-state index in [4.69, 9.17) is 0 Å². The van der Waals surface area contributed by atoms with E-state index in [1.807, 2.05) is 38.2 Å². The summed E-state index contributed by atoms with van der Waals surface area (Å²) in [7, 11) is 0. The highest BCUT2D eigenvalue weighted by Gasteiger charge is 2.19. The van der Waals surface area contributed by atoms with Crippen molar-refractivity contribution < 1.29 is 9.18 Å². The Morgan fingerprint density at radius 2 is 1.73 bits per heavy atom. The van der Waals surface area contributed by atoms with Gasteiger partial charge in [0, 0.05) is 36.1 Å². The molecule has 5 heteroatoms. The van der Waals surface area contributed by atoms with Gasteiger partial charge in [-0.3, -0.25) is 0 Å². The van der Waals surface area contributed by atoms with E-state index in [1.54, 1.807) is 12.1 Å². The molecule has 3 N–H and O–H groups in total. The first-order chi connectivity index (χ1) is 12.5. The van der Waals surface area contributed by atoms with Gasteiger partial charge in [-0.2, -0.15) is 0 Å². The summed E-state index contributed by atoms with van der Waals surface area (Å²) in [6.45, 7) is 5.15. The lowest BCUT2D eigenvalue weighted by Gasteiger charge is -2.19. The van der Waals surface area contributed by atoms with Crippen LogP contribution in [0.2, 0.25) is 0 Å². The molecule has 1 atom stereocenters. The van der Waals surface area contributed by atoms with Crippen molar-refractivity contribution in [1.82, 2.24) is 15.6 Å². The molecule has 0 fully saturated rings. The predicted molar refractivity (Wildman–Crippen MR) is 103 cm³/mol. The third-order valence-corrected chi connectivity index (χ3v) is 4.41. The van der Waals surface area contributed by atoms with Crippen LogP contribution in [0.25, 0.3) is 10.9 Å². The second-order valence-corrected chi connectivity index (χ2v) is 6.88. The van der Waals surface area contributed by atoms with Crippen LogP contribution in [-0.4, -0.2) is 24.1 Å². The summed E-state index contributed by atoms with van der Waals surface area (Å²) in [6.07, 6.45) is 1.96. The van der Waals surface area contributed by atoms with Crippen LogP contribution in [0.4, 0.5) is 9.18 Å². The molecule has 1 aromatic heterocycles. The van der Waals surface area contributed by atoms with Crippen LogP contribution < -0.4 is 10.6 Å². The number of carbonyl (C=O) groups excluding carboxylic acids is 1. The summed E-state index contributed by atoms with van der Waals surface area (Å²) in [6, 6.07) is 14.3. The zero-order valence-corrected chi connectivity index (χ0v) is 15.1. The van der Waals surface area contributed by atoms with Crippen LogP contribution in [0.1, 0.15) is 30.9 Å². The van der Waals surface area contributed by atoms with E-state index in [-0.39, 0.29) is 17.8 Å². The molecule has 26 heavy (non-hydrogen) atoms. The Morgan fingerprint density at radius 3 is 2.46 bits per heavy atom. The highest BCUT2D eigenvalue weighted by Crippen LogP contribution is 2.30. The fourth-order valence-electron chi connectivity index (χ4n) is 3.04. The number of para-hydroxylation sites is 1. The van der Waals surface area contributed by atoms with Crippen molar-refractivity contribution in [2.75, 3.05) is 13.1 Å². The number of aromatic nitrogens is 1. The standard InChI is InChI=1S/C21H24FN3O/c1-14(2)11-24-21(26)25-12-18(15-7-9-16(22)10-8-15)19-13-23-20-6-4-3-5-17(19)20/h3-10,13-14,18,23H,11-12H2,1-2H3,(H2,24,25,26). The fraction of sp³-hybridized carbons (Fsp3) is 0.286. The molecular formula is C21H24FN3O. The number of carbonyl (C=O) groups is 1. The third kappa shape index (κ3) is 4.23. The Balaban J connectivity index is 1.85. The summed E-state index contributed by atoms with van der Waals surface area (Å²) >= 11 is 0. The van der Waals surface area contributed by atoms with Crippen molar-refractivity contribution in [2.45, 2.75) is 19.8 Å². The molecule has 4 nitrogen and oxygen atoms in total. The van der Waals surface area contributed by atoms with Crippen LogP contribution in [0, 0.1) is 11.7 Å². The third-order valence-electron chi connectivity index (χ3n) is 4.41. The van der Waals surface area contributed by atoms with Gasteiger partial charge in [0.2, 0.25) is 0 Å². The Labute approximate surface area is 152 Å². The number of amides is 2. The molecule has 0 saturated carbocycles. The maximum absolute atomic E-state index is 13.3. The lowest BCUT2D eigenvalue weighted by Crippen LogP contribution is -2.39. The van der Waals surface area contributed by atoms with E-state index in [0.717, 1.165) is 22.0 Å². The average molecular weight is 353 g/mol. The number of rotatable bonds is 6. The van der Waals surface area contributed by atoms with E-state index in [0.29, 0.717) is 19.0 Å². The number of aromatic amines is 1. The molecule has 3 aromatic rings. The molecule has 0 spiro atoms. The summed E-state index contributed by atoms with van der Waals surface area (Å²) in [5, 5.41) is 6.91. The van der Waals surface area contributed by atoms with Gasteiger partial charge < -0.3 is 15.6 Å². The molecule has 0 bridgehead atoms. The molecule has 1 unspecified atom stereocenters. The van der Waals surface area contributed by atoms with Crippen molar-refractivity contribution in [3.05, 3.63) is 71.7 Å². The molecule has 0 aliphatic rings. The first-order valence-corrected chi connectivity index (χ1v) is 8.87. The van der Waals surface area contributed by atoms with Crippen LogP contribution in [0.3, 0.4) is 0 Å². The normalized spacial score (nSPS) is 12.3. The van der Waals surface area contributed by atoms with Crippen LogP contribution in [0.15, 0.2) is 54.7 Å². The minimum absolute atomic E-state index is 0.0726. The molecule has 2 aromatic carbocycles. The number of benzene rings is 2. The van der Waals surface area contributed by atoms with Gasteiger partial charge in [-0.05, 0) is 35.2 Å². The van der Waals surface area contributed by atoms with Crippen molar-refractivity contribution in [3.8, 4) is 0 Å².